The highest BCUT2D eigenvalue weighted by Gasteiger charge is 2.50. The number of amides is 2. The lowest BCUT2D eigenvalue weighted by Crippen LogP contribution is -2.61. The zero-order valence-electron chi connectivity index (χ0n) is 24.8. The van der Waals surface area contributed by atoms with Crippen LogP contribution in [0.2, 0.25) is 0 Å². The lowest BCUT2D eigenvalue weighted by molar-refractivity contribution is -0.127. The first-order chi connectivity index (χ1) is 18.9. The predicted octanol–water partition coefficient (Wildman–Crippen LogP) is 6.58. The van der Waals surface area contributed by atoms with Gasteiger partial charge in [-0.1, -0.05) is 51.2 Å². The standard InChI is InChI=1S/C33H51N3O3/c1-4-5-13-28-24-36(23-27-11-7-6-8-12-27)32(38)39-33(28)17-21-34(22-18-33)29-15-19-35(20-16-29)31(37)30-14-9-10-25(2)26(30)3/h9-10,14,27-29H,4-8,11-13,15-24H2,1-3H3. The first-order valence-corrected chi connectivity index (χ1v) is 16.0. The molecule has 1 aromatic carbocycles. The van der Waals surface area contributed by atoms with Crippen molar-refractivity contribution in [2.45, 2.75) is 109 Å². The smallest absolute Gasteiger partial charge is 0.410 e. The quantitative estimate of drug-likeness (QED) is 0.394. The van der Waals surface area contributed by atoms with Crippen molar-refractivity contribution in [2.75, 3.05) is 39.3 Å². The summed E-state index contributed by atoms with van der Waals surface area (Å²) in [7, 11) is 0. The van der Waals surface area contributed by atoms with Crippen LogP contribution in [0.1, 0.15) is 105 Å². The number of hydrogen-bond acceptors (Lipinski definition) is 4. The SMILES string of the molecule is CCCCC1CN(CC2CCCCC2)C(=O)OC12CCN(C1CCN(C(=O)c3cccc(C)c3C)CC1)CC2. The summed E-state index contributed by atoms with van der Waals surface area (Å²) in [5.41, 5.74) is 2.84. The van der Waals surface area contributed by atoms with Crippen molar-refractivity contribution >= 4 is 12.0 Å². The van der Waals surface area contributed by atoms with E-state index in [2.05, 4.69) is 36.6 Å². The molecule has 5 rings (SSSR count). The zero-order valence-corrected chi connectivity index (χ0v) is 24.8. The van der Waals surface area contributed by atoms with Crippen molar-refractivity contribution in [3.05, 3.63) is 34.9 Å². The molecule has 216 valence electrons. The number of rotatable bonds is 7. The highest BCUT2D eigenvalue weighted by atomic mass is 16.6. The fourth-order valence-electron chi connectivity index (χ4n) is 7.83. The molecule has 6 heteroatoms. The van der Waals surface area contributed by atoms with Gasteiger partial charge in [0.2, 0.25) is 0 Å². The Balaban J connectivity index is 1.16. The molecular weight excluding hydrogens is 486 g/mol. The Hall–Kier alpha value is -2.08. The third-order valence-electron chi connectivity index (χ3n) is 10.6. The molecule has 4 fully saturated rings. The maximum absolute atomic E-state index is 13.3. The van der Waals surface area contributed by atoms with Crippen LogP contribution in [0.5, 0.6) is 0 Å². The molecule has 1 unspecified atom stereocenters. The van der Waals surface area contributed by atoms with E-state index in [9.17, 15) is 9.59 Å². The van der Waals surface area contributed by atoms with Crippen LogP contribution in [-0.4, -0.2) is 77.6 Å². The second-order valence-corrected chi connectivity index (χ2v) is 13.0. The Morgan fingerprint density at radius 1 is 1.00 bits per heavy atom. The Morgan fingerprint density at radius 2 is 1.72 bits per heavy atom. The minimum Gasteiger partial charge on any atom is -0.442 e. The second-order valence-electron chi connectivity index (χ2n) is 13.0. The fraction of sp³-hybridized carbons (Fsp3) is 0.758. The largest absolute Gasteiger partial charge is 0.442 e. The van der Waals surface area contributed by atoms with E-state index in [1.165, 1.54) is 50.5 Å². The Morgan fingerprint density at radius 3 is 2.41 bits per heavy atom. The van der Waals surface area contributed by atoms with Crippen molar-refractivity contribution in [1.29, 1.82) is 0 Å². The number of benzene rings is 1. The van der Waals surface area contributed by atoms with Crippen molar-refractivity contribution in [2.24, 2.45) is 11.8 Å². The maximum Gasteiger partial charge on any atom is 0.410 e. The highest BCUT2D eigenvalue weighted by molar-refractivity contribution is 5.96. The number of nitrogens with zero attached hydrogens (tertiary/aromatic N) is 3. The van der Waals surface area contributed by atoms with Gasteiger partial charge in [-0.2, -0.15) is 0 Å². The van der Waals surface area contributed by atoms with Crippen molar-refractivity contribution in [1.82, 2.24) is 14.7 Å². The number of unbranched alkanes of at least 4 members (excludes halogenated alkanes) is 1. The van der Waals surface area contributed by atoms with Gasteiger partial charge in [0.15, 0.2) is 0 Å². The normalized spacial score (nSPS) is 25.2. The van der Waals surface area contributed by atoms with Crippen LogP contribution in [0.4, 0.5) is 4.79 Å². The fourth-order valence-corrected chi connectivity index (χ4v) is 7.83. The topological polar surface area (TPSA) is 53.1 Å². The summed E-state index contributed by atoms with van der Waals surface area (Å²) in [5, 5.41) is 0. The molecule has 4 aliphatic rings. The number of carbonyl (C=O) groups is 2. The van der Waals surface area contributed by atoms with Crippen molar-refractivity contribution in [3.63, 3.8) is 0 Å². The van der Waals surface area contributed by atoms with Crippen molar-refractivity contribution in [3.8, 4) is 0 Å². The van der Waals surface area contributed by atoms with E-state index >= 15 is 0 Å². The second kappa shape index (κ2) is 12.6. The minimum atomic E-state index is -0.287. The average Bonchev–Trinajstić information content (AvgIpc) is 2.96. The Labute approximate surface area is 236 Å². The van der Waals surface area contributed by atoms with E-state index in [0.717, 1.165) is 82.5 Å². The molecule has 6 nitrogen and oxygen atoms in total. The summed E-state index contributed by atoms with van der Waals surface area (Å²) in [5.74, 6) is 1.28. The predicted molar refractivity (Wildman–Crippen MR) is 156 cm³/mol. The first-order valence-electron chi connectivity index (χ1n) is 16.0. The summed E-state index contributed by atoms with van der Waals surface area (Å²) in [6, 6.07) is 6.55. The van der Waals surface area contributed by atoms with Gasteiger partial charge in [0.25, 0.3) is 5.91 Å². The third-order valence-corrected chi connectivity index (χ3v) is 10.6. The van der Waals surface area contributed by atoms with E-state index < -0.39 is 0 Å². The average molecular weight is 538 g/mol. The third kappa shape index (κ3) is 6.31. The van der Waals surface area contributed by atoms with Crippen LogP contribution in [-0.2, 0) is 4.74 Å². The highest BCUT2D eigenvalue weighted by Crippen LogP contribution is 2.42. The van der Waals surface area contributed by atoms with Gasteiger partial charge in [0.05, 0.1) is 0 Å². The summed E-state index contributed by atoms with van der Waals surface area (Å²) in [6.45, 7) is 11.8. The summed E-state index contributed by atoms with van der Waals surface area (Å²) < 4.78 is 6.44. The van der Waals surface area contributed by atoms with Gasteiger partial charge in [-0.05, 0) is 69.1 Å². The van der Waals surface area contributed by atoms with Crippen LogP contribution in [0.15, 0.2) is 18.2 Å². The van der Waals surface area contributed by atoms with Gasteiger partial charge < -0.3 is 14.5 Å². The summed E-state index contributed by atoms with van der Waals surface area (Å²) in [6.07, 6.45) is 13.9. The van der Waals surface area contributed by atoms with E-state index in [0.29, 0.717) is 17.9 Å². The van der Waals surface area contributed by atoms with Gasteiger partial charge >= 0.3 is 6.09 Å². The molecule has 39 heavy (non-hydrogen) atoms. The van der Waals surface area contributed by atoms with E-state index in [-0.39, 0.29) is 17.6 Å². The van der Waals surface area contributed by atoms with Gasteiger partial charge in [0, 0.05) is 69.6 Å². The lowest BCUT2D eigenvalue weighted by Gasteiger charge is -2.52. The lowest BCUT2D eigenvalue weighted by atomic mass is 9.75. The van der Waals surface area contributed by atoms with Crippen LogP contribution in [0, 0.1) is 25.7 Å². The molecule has 1 saturated carbocycles. The molecule has 0 aromatic heterocycles. The van der Waals surface area contributed by atoms with E-state index in [4.69, 9.17) is 4.74 Å². The molecule has 1 aromatic rings. The van der Waals surface area contributed by atoms with Crippen LogP contribution in [0.3, 0.4) is 0 Å². The Bertz CT molecular complexity index is 988. The van der Waals surface area contributed by atoms with Gasteiger partial charge in [-0.25, -0.2) is 4.79 Å². The Kier molecular flexibility index (Phi) is 9.20. The minimum absolute atomic E-state index is 0.0555. The number of aryl methyl sites for hydroxylation is 1. The molecule has 3 saturated heterocycles. The molecule has 1 aliphatic carbocycles. The molecule has 3 heterocycles. The molecular formula is C33H51N3O3. The number of piperidine rings is 2. The molecule has 0 radical (unpaired) electrons. The van der Waals surface area contributed by atoms with Gasteiger partial charge in [0.1, 0.15) is 5.60 Å². The number of likely N-dealkylation sites (tertiary alicyclic amines) is 2. The van der Waals surface area contributed by atoms with Crippen LogP contribution in [0.25, 0.3) is 0 Å². The summed E-state index contributed by atoms with van der Waals surface area (Å²) >= 11 is 0. The first kappa shape index (κ1) is 28.4. The van der Waals surface area contributed by atoms with E-state index in [1.54, 1.807) is 0 Å². The zero-order chi connectivity index (χ0) is 27.4. The van der Waals surface area contributed by atoms with Crippen molar-refractivity contribution < 1.29 is 14.3 Å². The van der Waals surface area contributed by atoms with Crippen LogP contribution < -0.4 is 0 Å². The number of ether oxygens (including phenoxy) is 1. The molecule has 0 N–H and O–H groups in total. The monoisotopic (exact) mass is 537 g/mol. The number of carbonyl (C=O) groups excluding carboxylic acids is 2. The van der Waals surface area contributed by atoms with E-state index in [1.807, 2.05) is 17.0 Å². The van der Waals surface area contributed by atoms with Gasteiger partial charge in [-0.15, -0.1) is 0 Å². The molecule has 2 amide bonds. The maximum atomic E-state index is 13.3. The van der Waals surface area contributed by atoms with Gasteiger partial charge in [-0.3, -0.25) is 9.69 Å². The number of hydrogen-bond donors (Lipinski definition) is 0. The molecule has 0 bridgehead atoms. The molecule has 1 spiro atoms. The summed E-state index contributed by atoms with van der Waals surface area (Å²) in [4.78, 5) is 33.2. The van der Waals surface area contributed by atoms with Crippen LogP contribution >= 0.6 is 0 Å². The molecule has 1 atom stereocenters. The molecule has 3 aliphatic heterocycles.